The second kappa shape index (κ2) is 9.75. The zero-order valence-corrected chi connectivity index (χ0v) is 19.6. The van der Waals surface area contributed by atoms with Crippen molar-refractivity contribution in [1.29, 1.82) is 0 Å². The monoisotopic (exact) mass is 502 g/mol. The first-order valence-electron chi connectivity index (χ1n) is 10.3. The zero-order chi connectivity index (χ0) is 21.8. The quantitative estimate of drug-likeness (QED) is 0.532. The van der Waals surface area contributed by atoms with Crippen molar-refractivity contribution in [2.75, 3.05) is 31.1 Å². The molecule has 31 heavy (non-hydrogen) atoms. The Kier molecular flexibility index (Phi) is 6.83. The van der Waals surface area contributed by atoms with Crippen LogP contribution in [0.1, 0.15) is 13.3 Å². The molecule has 4 rings (SSSR count). The number of aromatic amines is 1. The lowest BCUT2D eigenvalue weighted by atomic mass is 10.1. The maximum absolute atomic E-state index is 12.9. The number of halogens is 2. The summed E-state index contributed by atoms with van der Waals surface area (Å²) >= 11 is 9.38. The summed E-state index contributed by atoms with van der Waals surface area (Å²) < 4.78 is 6.86. The minimum Gasteiger partial charge on any atom is -0.481 e. The van der Waals surface area contributed by atoms with E-state index in [0.717, 1.165) is 41.1 Å². The second-order valence-electron chi connectivity index (χ2n) is 7.53. The number of benzene rings is 2. The molecule has 2 aromatic carbocycles. The summed E-state index contributed by atoms with van der Waals surface area (Å²) in [6.45, 7) is 4.70. The summed E-state index contributed by atoms with van der Waals surface area (Å²) in [5, 5.41) is 8.26. The van der Waals surface area contributed by atoms with Crippen molar-refractivity contribution < 1.29 is 9.53 Å². The minimum atomic E-state index is -0.554. The molecule has 1 N–H and O–H groups in total. The maximum Gasteiger partial charge on any atom is 0.263 e. The lowest BCUT2D eigenvalue weighted by molar-refractivity contribution is -0.137. The van der Waals surface area contributed by atoms with E-state index in [1.807, 2.05) is 29.2 Å². The SMILES string of the molecule is C[C@@H](Oc1ccc(Cl)cc1)C(=O)N1CCCN(c2cc(-c3ccc(Br)cc3)[nH]n2)CC1. The highest BCUT2D eigenvalue weighted by Crippen LogP contribution is 2.24. The highest BCUT2D eigenvalue weighted by atomic mass is 79.9. The molecule has 1 atom stereocenters. The number of rotatable bonds is 5. The number of hydrogen-bond acceptors (Lipinski definition) is 4. The van der Waals surface area contributed by atoms with Gasteiger partial charge in [-0.25, -0.2) is 0 Å². The molecule has 8 heteroatoms. The summed E-state index contributed by atoms with van der Waals surface area (Å²) in [7, 11) is 0. The Hall–Kier alpha value is -2.51. The molecule has 0 bridgehead atoms. The molecule has 3 aromatic rings. The fourth-order valence-electron chi connectivity index (χ4n) is 3.64. The van der Waals surface area contributed by atoms with Gasteiger partial charge in [0.15, 0.2) is 11.9 Å². The summed E-state index contributed by atoms with van der Waals surface area (Å²) in [5.41, 5.74) is 2.06. The van der Waals surface area contributed by atoms with E-state index < -0.39 is 6.10 Å². The molecule has 1 aromatic heterocycles. The van der Waals surface area contributed by atoms with E-state index in [1.54, 1.807) is 31.2 Å². The highest BCUT2D eigenvalue weighted by molar-refractivity contribution is 9.10. The first-order valence-corrected chi connectivity index (χ1v) is 11.4. The van der Waals surface area contributed by atoms with E-state index >= 15 is 0 Å². The van der Waals surface area contributed by atoms with E-state index in [1.165, 1.54) is 0 Å². The van der Waals surface area contributed by atoms with Crippen molar-refractivity contribution in [1.82, 2.24) is 15.1 Å². The van der Waals surface area contributed by atoms with Crippen LogP contribution >= 0.6 is 27.5 Å². The van der Waals surface area contributed by atoms with Gasteiger partial charge in [0.1, 0.15) is 5.75 Å². The van der Waals surface area contributed by atoms with Gasteiger partial charge in [0.2, 0.25) is 0 Å². The third kappa shape index (κ3) is 5.40. The van der Waals surface area contributed by atoms with Crippen molar-refractivity contribution in [3.05, 3.63) is 64.1 Å². The number of anilines is 1. The number of aromatic nitrogens is 2. The van der Waals surface area contributed by atoms with Crippen LogP contribution in [-0.2, 0) is 4.79 Å². The molecule has 1 aliphatic heterocycles. The first kappa shape index (κ1) is 21.7. The number of carbonyl (C=O) groups excluding carboxylic acids is 1. The fourth-order valence-corrected chi connectivity index (χ4v) is 4.03. The van der Waals surface area contributed by atoms with Crippen LogP contribution < -0.4 is 9.64 Å². The van der Waals surface area contributed by atoms with Crippen LogP contribution in [0.5, 0.6) is 5.75 Å². The normalized spacial score (nSPS) is 15.5. The predicted molar refractivity (Wildman–Crippen MR) is 127 cm³/mol. The van der Waals surface area contributed by atoms with Gasteiger partial charge in [-0.15, -0.1) is 0 Å². The maximum atomic E-state index is 12.9. The van der Waals surface area contributed by atoms with Gasteiger partial charge < -0.3 is 14.5 Å². The number of nitrogens with zero attached hydrogens (tertiary/aromatic N) is 3. The van der Waals surface area contributed by atoms with Crippen LogP contribution in [0, 0.1) is 0 Å². The third-order valence-electron chi connectivity index (χ3n) is 5.33. The molecule has 2 heterocycles. The standard InChI is InChI=1S/C23H24BrClN4O2/c1-16(31-20-9-7-19(25)8-10-20)23(30)29-12-2-11-28(13-14-29)22-15-21(26-27-22)17-3-5-18(24)6-4-17/h3-10,15-16H,2,11-14H2,1H3,(H,26,27)/t16-/m1/s1. The van der Waals surface area contributed by atoms with E-state index in [0.29, 0.717) is 23.9 Å². The molecule has 0 saturated carbocycles. The minimum absolute atomic E-state index is 0.00520. The first-order chi connectivity index (χ1) is 15.0. The van der Waals surface area contributed by atoms with E-state index in [-0.39, 0.29) is 5.91 Å². The van der Waals surface area contributed by atoms with Gasteiger partial charge >= 0.3 is 0 Å². The van der Waals surface area contributed by atoms with Crippen molar-refractivity contribution in [2.24, 2.45) is 0 Å². The molecule has 0 spiro atoms. The molecule has 1 saturated heterocycles. The third-order valence-corrected chi connectivity index (χ3v) is 6.11. The summed E-state index contributed by atoms with van der Waals surface area (Å²) in [6.07, 6.45) is 0.321. The average Bonchev–Trinajstić information content (AvgIpc) is 3.13. The number of ether oxygens (including phenoxy) is 1. The molecule has 0 radical (unpaired) electrons. The highest BCUT2D eigenvalue weighted by Gasteiger charge is 2.25. The molecule has 1 fully saturated rings. The number of amides is 1. The smallest absolute Gasteiger partial charge is 0.263 e. The topological polar surface area (TPSA) is 61.5 Å². The molecular weight excluding hydrogens is 480 g/mol. The van der Waals surface area contributed by atoms with Crippen molar-refractivity contribution >= 4 is 39.3 Å². The van der Waals surface area contributed by atoms with Crippen LogP contribution in [0.4, 0.5) is 5.82 Å². The number of nitrogens with one attached hydrogen (secondary N) is 1. The number of H-pyrrole nitrogens is 1. The number of hydrogen-bond donors (Lipinski definition) is 1. The van der Waals surface area contributed by atoms with Gasteiger partial charge in [0.05, 0.1) is 5.69 Å². The van der Waals surface area contributed by atoms with Gasteiger partial charge in [-0.05, 0) is 55.3 Å². The molecule has 162 valence electrons. The largest absolute Gasteiger partial charge is 0.481 e. The average molecular weight is 504 g/mol. The van der Waals surface area contributed by atoms with Gasteiger partial charge in [-0.3, -0.25) is 9.89 Å². The Morgan fingerprint density at radius 1 is 1.10 bits per heavy atom. The van der Waals surface area contributed by atoms with Crippen LogP contribution in [0.3, 0.4) is 0 Å². The fraction of sp³-hybridized carbons (Fsp3) is 0.304. The van der Waals surface area contributed by atoms with Crippen LogP contribution in [0.25, 0.3) is 11.3 Å². The van der Waals surface area contributed by atoms with Crippen LogP contribution in [0.15, 0.2) is 59.1 Å². The van der Waals surface area contributed by atoms with Crippen molar-refractivity contribution in [3.63, 3.8) is 0 Å². The summed E-state index contributed by atoms with van der Waals surface area (Å²) in [6, 6.07) is 17.2. The van der Waals surface area contributed by atoms with Crippen molar-refractivity contribution in [3.8, 4) is 17.0 Å². The molecule has 0 unspecified atom stereocenters. The Morgan fingerprint density at radius 2 is 1.84 bits per heavy atom. The predicted octanol–water partition coefficient (Wildman–Crippen LogP) is 5.00. The summed E-state index contributed by atoms with van der Waals surface area (Å²) in [4.78, 5) is 17.0. The molecular formula is C23H24BrClN4O2. The molecule has 1 amide bonds. The van der Waals surface area contributed by atoms with Gasteiger partial charge in [-0.1, -0.05) is 39.7 Å². The van der Waals surface area contributed by atoms with Crippen LogP contribution in [-0.4, -0.2) is 53.3 Å². The molecule has 6 nitrogen and oxygen atoms in total. The van der Waals surface area contributed by atoms with Gasteiger partial charge in [0.25, 0.3) is 5.91 Å². The molecule has 0 aliphatic carbocycles. The zero-order valence-electron chi connectivity index (χ0n) is 17.2. The Labute approximate surface area is 195 Å². The van der Waals surface area contributed by atoms with Gasteiger partial charge in [0, 0.05) is 41.7 Å². The lowest BCUT2D eigenvalue weighted by Crippen LogP contribution is -2.42. The second-order valence-corrected chi connectivity index (χ2v) is 8.88. The molecule has 1 aliphatic rings. The lowest BCUT2D eigenvalue weighted by Gasteiger charge is -2.25. The van der Waals surface area contributed by atoms with E-state index in [2.05, 4.69) is 37.1 Å². The van der Waals surface area contributed by atoms with Gasteiger partial charge in [-0.2, -0.15) is 5.10 Å². The van der Waals surface area contributed by atoms with E-state index in [9.17, 15) is 4.79 Å². The Balaban J connectivity index is 1.36. The van der Waals surface area contributed by atoms with Crippen LogP contribution in [0.2, 0.25) is 5.02 Å². The summed E-state index contributed by atoms with van der Waals surface area (Å²) in [5.74, 6) is 1.53. The van der Waals surface area contributed by atoms with E-state index in [4.69, 9.17) is 16.3 Å². The Morgan fingerprint density at radius 3 is 2.58 bits per heavy atom. The number of carbonyl (C=O) groups is 1. The Bertz CT molecular complexity index is 1020. The van der Waals surface area contributed by atoms with Crippen molar-refractivity contribution in [2.45, 2.75) is 19.4 Å².